The Morgan fingerprint density at radius 1 is 1.00 bits per heavy atom. The summed E-state index contributed by atoms with van der Waals surface area (Å²) in [6.07, 6.45) is 18.4. The molecular formula is C18H35N3. The van der Waals surface area contributed by atoms with Crippen molar-refractivity contribution in [1.82, 2.24) is 9.55 Å². The molecule has 1 atom stereocenters. The predicted octanol–water partition coefficient (Wildman–Crippen LogP) is 4.69. The number of nitrogens with zero attached hydrogens (tertiary/aromatic N) is 2. The Morgan fingerprint density at radius 2 is 1.62 bits per heavy atom. The normalized spacial score (nSPS) is 12.7. The van der Waals surface area contributed by atoms with Crippen LogP contribution in [0.25, 0.3) is 0 Å². The van der Waals surface area contributed by atoms with Crippen molar-refractivity contribution in [1.29, 1.82) is 0 Å². The van der Waals surface area contributed by atoms with Gasteiger partial charge < -0.3 is 10.3 Å². The summed E-state index contributed by atoms with van der Waals surface area (Å²) in [6, 6.07) is 0.266. The van der Waals surface area contributed by atoms with Crippen LogP contribution in [0.5, 0.6) is 0 Å². The van der Waals surface area contributed by atoms with Gasteiger partial charge in [0.1, 0.15) is 5.82 Å². The third kappa shape index (κ3) is 8.25. The van der Waals surface area contributed by atoms with Crippen molar-refractivity contribution >= 4 is 0 Å². The number of unbranched alkanes of at least 4 members (excludes halogenated alkanes) is 8. The van der Waals surface area contributed by atoms with E-state index in [4.69, 9.17) is 5.73 Å². The summed E-state index contributed by atoms with van der Waals surface area (Å²) in [4.78, 5) is 4.40. The summed E-state index contributed by atoms with van der Waals surface area (Å²) in [5.41, 5.74) is 6.23. The molecule has 0 spiro atoms. The molecule has 0 radical (unpaired) electrons. The second kappa shape index (κ2) is 11.8. The van der Waals surface area contributed by atoms with E-state index in [1.54, 1.807) is 0 Å². The van der Waals surface area contributed by atoms with Gasteiger partial charge in [-0.25, -0.2) is 4.98 Å². The van der Waals surface area contributed by atoms with Crippen LogP contribution in [-0.4, -0.2) is 15.6 Å². The summed E-state index contributed by atoms with van der Waals surface area (Å²) < 4.78 is 2.19. The van der Waals surface area contributed by atoms with Crippen molar-refractivity contribution < 1.29 is 0 Å². The molecule has 1 rings (SSSR count). The Morgan fingerprint density at radius 3 is 2.24 bits per heavy atom. The molecule has 0 amide bonds. The number of aromatic nitrogens is 2. The van der Waals surface area contributed by atoms with Gasteiger partial charge in [-0.15, -0.1) is 0 Å². The first-order valence-electron chi connectivity index (χ1n) is 9.03. The Hall–Kier alpha value is -0.830. The van der Waals surface area contributed by atoms with Crippen molar-refractivity contribution in [2.45, 2.75) is 97.1 Å². The van der Waals surface area contributed by atoms with Crippen molar-refractivity contribution in [3.05, 3.63) is 18.2 Å². The van der Waals surface area contributed by atoms with Gasteiger partial charge >= 0.3 is 0 Å². The molecule has 0 fully saturated rings. The summed E-state index contributed by atoms with van der Waals surface area (Å²) >= 11 is 0. The van der Waals surface area contributed by atoms with E-state index in [-0.39, 0.29) is 6.04 Å². The fraction of sp³-hybridized carbons (Fsp3) is 0.833. The average Bonchev–Trinajstić information content (AvgIpc) is 2.92. The van der Waals surface area contributed by atoms with Gasteiger partial charge in [-0.05, 0) is 13.3 Å². The lowest BCUT2D eigenvalue weighted by molar-refractivity contribution is 0.510. The van der Waals surface area contributed by atoms with E-state index in [2.05, 4.69) is 23.4 Å². The van der Waals surface area contributed by atoms with Crippen LogP contribution in [-0.2, 0) is 13.0 Å². The minimum Gasteiger partial charge on any atom is -0.335 e. The van der Waals surface area contributed by atoms with Gasteiger partial charge in [-0.3, -0.25) is 0 Å². The van der Waals surface area contributed by atoms with E-state index in [1.807, 2.05) is 12.4 Å². The van der Waals surface area contributed by atoms with Gasteiger partial charge in [0.25, 0.3) is 0 Å². The highest BCUT2D eigenvalue weighted by atomic mass is 15.1. The fourth-order valence-electron chi connectivity index (χ4n) is 2.87. The lowest BCUT2D eigenvalue weighted by Gasteiger charge is -2.12. The monoisotopic (exact) mass is 293 g/mol. The van der Waals surface area contributed by atoms with Gasteiger partial charge in [0, 0.05) is 31.4 Å². The van der Waals surface area contributed by atoms with Crippen LogP contribution in [0.15, 0.2) is 12.4 Å². The smallest absolute Gasteiger partial charge is 0.110 e. The average molecular weight is 293 g/mol. The highest BCUT2D eigenvalue weighted by Crippen LogP contribution is 2.12. The molecule has 0 saturated heterocycles. The highest BCUT2D eigenvalue weighted by molar-refractivity contribution is 4.94. The molecule has 0 aromatic carbocycles. The predicted molar refractivity (Wildman–Crippen MR) is 91.4 cm³/mol. The number of imidazole rings is 1. The fourth-order valence-corrected chi connectivity index (χ4v) is 2.87. The molecule has 122 valence electrons. The number of rotatable bonds is 13. The van der Waals surface area contributed by atoms with Crippen LogP contribution >= 0.6 is 0 Å². The maximum absolute atomic E-state index is 6.23. The van der Waals surface area contributed by atoms with Crippen molar-refractivity contribution in [3.8, 4) is 0 Å². The Kier molecular flexibility index (Phi) is 10.2. The first kappa shape index (κ1) is 18.2. The SMILES string of the molecule is CCCCCCCCCCCC(N)Cc1nccn1CC. The molecule has 0 bridgehead atoms. The van der Waals surface area contributed by atoms with E-state index in [0.717, 1.165) is 25.2 Å². The molecule has 1 aromatic heterocycles. The zero-order valence-electron chi connectivity index (χ0n) is 14.2. The molecule has 0 saturated carbocycles. The quantitative estimate of drug-likeness (QED) is 0.536. The largest absolute Gasteiger partial charge is 0.335 e. The minimum atomic E-state index is 0.266. The molecule has 0 aliphatic heterocycles. The first-order valence-corrected chi connectivity index (χ1v) is 9.03. The summed E-state index contributed by atoms with van der Waals surface area (Å²) in [7, 11) is 0. The van der Waals surface area contributed by atoms with Gasteiger partial charge in [0.05, 0.1) is 0 Å². The van der Waals surface area contributed by atoms with Crippen LogP contribution < -0.4 is 5.73 Å². The van der Waals surface area contributed by atoms with E-state index in [9.17, 15) is 0 Å². The Labute approximate surface area is 131 Å². The van der Waals surface area contributed by atoms with E-state index in [0.29, 0.717) is 0 Å². The number of hydrogen-bond donors (Lipinski definition) is 1. The standard InChI is InChI=1S/C18H35N3/c1-3-5-6-7-8-9-10-11-12-13-17(19)16-18-20-14-15-21(18)4-2/h14-15,17H,3-13,16,19H2,1-2H3. The van der Waals surface area contributed by atoms with Crippen molar-refractivity contribution in [3.63, 3.8) is 0 Å². The van der Waals surface area contributed by atoms with Crippen LogP contribution in [0, 0.1) is 0 Å². The molecule has 3 nitrogen and oxygen atoms in total. The highest BCUT2D eigenvalue weighted by Gasteiger charge is 2.08. The third-order valence-corrected chi connectivity index (χ3v) is 4.27. The number of nitrogens with two attached hydrogens (primary N) is 1. The molecule has 0 aliphatic carbocycles. The zero-order valence-corrected chi connectivity index (χ0v) is 14.2. The lowest BCUT2D eigenvalue weighted by atomic mass is 10.0. The van der Waals surface area contributed by atoms with E-state index < -0.39 is 0 Å². The van der Waals surface area contributed by atoms with Crippen molar-refractivity contribution in [2.24, 2.45) is 5.73 Å². The van der Waals surface area contributed by atoms with E-state index in [1.165, 1.54) is 57.8 Å². The Bertz CT molecular complexity index is 346. The molecule has 0 aliphatic rings. The number of aryl methyl sites for hydroxylation is 1. The molecule has 1 unspecified atom stereocenters. The van der Waals surface area contributed by atoms with Gasteiger partial charge in [0.15, 0.2) is 0 Å². The van der Waals surface area contributed by atoms with Gasteiger partial charge in [0.2, 0.25) is 0 Å². The topological polar surface area (TPSA) is 43.8 Å². The number of hydrogen-bond acceptors (Lipinski definition) is 2. The molecule has 3 heteroatoms. The van der Waals surface area contributed by atoms with E-state index >= 15 is 0 Å². The van der Waals surface area contributed by atoms with Crippen LogP contribution in [0.1, 0.15) is 83.9 Å². The van der Waals surface area contributed by atoms with Crippen LogP contribution in [0.3, 0.4) is 0 Å². The second-order valence-electron chi connectivity index (χ2n) is 6.21. The minimum absolute atomic E-state index is 0.266. The summed E-state index contributed by atoms with van der Waals surface area (Å²) in [6.45, 7) is 5.41. The second-order valence-corrected chi connectivity index (χ2v) is 6.21. The summed E-state index contributed by atoms with van der Waals surface area (Å²) in [5.74, 6) is 1.14. The van der Waals surface area contributed by atoms with Crippen molar-refractivity contribution in [2.75, 3.05) is 0 Å². The van der Waals surface area contributed by atoms with Gasteiger partial charge in [-0.2, -0.15) is 0 Å². The molecule has 1 heterocycles. The maximum atomic E-state index is 6.23. The third-order valence-electron chi connectivity index (χ3n) is 4.27. The first-order chi connectivity index (χ1) is 10.3. The van der Waals surface area contributed by atoms with Gasteiger partial charge in [-0.1, -0.05) is 64.7 Å². The zero-order chi connectivity index (χ0) is 15.3. The van der Waals surface area contributed by atoms with Crippen LogP contribution in [0.4, 0.5) is 0 Å². The maximum Gasteiger partial charge on any atom is 0.110 e. The molecule has 1 aromatic rings. The molecular weight excluding hydrogens is 258 g/mol. The van der Waals surface area contributed by atoms with Crippen LogP contribution in [0.2, 0.25) is 0 Å². The lowest BCUT2D eigenvalue weighted by Crippen LogP contribution is -2.24. The Balaban J connectivity index is 1.97. The molecule has 2 N–H and O–H groups in total. The summed E-state index contributed by atoms with van der Waals surface area (Å²) in [5, 5.41) is 0. The molecule has 21 heavy (non-hydrogen) atoms.